The number of pyridine rings is 1. The Kier molecular flexibility index (Phi) is 7.43. The number of carbonyl (C=O) groups excluding carboxylic acids is 1. The Hall–Kier alpha value is -3.22. The van der Waals surface area contributed by atoms with Gasteiger partial charge in [0.05, 0.1) is 22.6 Å². The smallest absolute Gasteiger partial charge is 0.283 e. The van der Waals surface area contributed by atoms with Crippen LogP contribution in [-0.2, 0) is 21.9 Å². The summed E-state index contributed by atoms with van der Waals surface area (Å²) in [6, 6.07) is 6.15. The number of carbonyl (C=O) groups is 1. The normalized spacial score (nSPS) is 16.3. The number of fused-ring (bicyclic) bond motifs is 1. The Bertz CT molecular complexity index is 1580. The summed E-state index contributed by atoms with van der Waals surface area (Å²) in [5, 5.41) is 3.17. The fourth-order valence-corrected chi connectivity index (χ4v) is 5.96. The van der Waals surface area contributed by atoms with Crippen molar-refractivity contribution in [1.29, 1.82) is 0 Å². The molecule has 0 aliphatic carbocycles. The van der Waals surface area contributed by atoms with Gasteiger partial charge in [-0.1, -0.05) is 17.7 Å². The Morgan fingerprint density at radius 3 is 2.50 bits per heavy atom. The summed E-state index contributed by atoms with van der Waals surface area (Å²) < 4.78 is 29.0. The molecule has 4 N–H and O–H groups in total. The number of amides is 1. The van der Waals surface area contributed by atoms with Crippen molar-refractivity contribution in [3.63, 3.8) is 0 Å². The average molecular weight is 562 g/mol. The molecule has 4 rings (SSSR count). The molecule has 0 spiro atoms. The van der Waals surface area contributed by atoms with Crippen LogP contribution in [0.1, 0.15) is 50.8 Å². The highest BCUT2D eigenvalue weighted by atomic mass is 35.5. The van der Waals surface area contributed by atoms with Gasteiger partial charge in [0.15, 0.2) is 0 Å². The lowest BCUT2D eigenvalue weighted by molar-refractivity contribution is -0.117. The number of nitrogens with zero attached hydrogens (tertiary/aromatic N) is 4. The zero-order valence-electron chi connectivity index (χ0n) is 22.0. The number of sulfonamides is 1. The van der Waals surface area contributed by atoms with Gasteiger partial charge in [-0.2, -0.15) is 8.42 Å². The number of halogens is 1. The van der Waals surface area contributed by atoms with Crippen LogP contribution in [0.4, 0.5) is 11.6 Å². The van der Waals surface area contributed by atoms with Crippen LogP contribution in [0, 0.1) is 6.92 Å². The number of anilines is 2. The summed E-state index contributed by atoms with van der Waals surface area (Å²) in [4.78, 5) is 35.9. The van der Waals surface area contributed by atoms with Crippen LogP contribution in [-0.4, -0.2) is 47.5 Å². The van der Waals surface area contributed by atoms with Gasteiger partial charge in [-0.05, 0) is 57.4 Å². The van der Waals surface area contributed by atoms with Crippen molar-refractivity contribution in [2.75, 3.05) is 23.3 Å². The van der Waals surface area contributed by atoms with Gasteiger partial charge in [0.25, 0.3) is 15.6 Å². The zero-order valence-corrected chi connectivity index (χ0v) is 23.6. The number of aromatic nitrogens is 3. The van der Waals surface area contributed by atoms with Gasteiger partial charge >= 0.3 is 0 Å². The molecule has 11 nitrogen and oxygen atoms in total. The topological polar surface area (TPSA) is 152 Å². The first-order chi connectivity index (χ1) is 17.7. The summed E-state index contributed by atoms with van der Waals surface area (Å²) >= 11 is 5.98. The van der Waals surface area contributed by atoms with Crippen LogP contribution in [0.5, 0.6) is 0 Å². The minimum atomic E-state index is -4.28. The van der Waals surface area contributed by atoms with Gasteiger partial charge in [-0.3, -0.25) is 14.2 Å². The third kappa shape index (κ3) is 5.62. The van der Waals surface area contributed by atoms with E-state index in [4.69, 9.17) is 22.3 Å². The van der Waals surface area contributed by atoms with Gasteiger partial charge in [0.2, 0.25) is 16.9 Å². The highest BCUT2D eigenvalue weighted by Crippen LogP contribution is 2.31. The first kappa shape index (κ1) is 27.8. The lowest BCUT2D eigenvalue weighted by Crippen LogP contribution is -2.49. The quantitative estimate of drug-likeness (QED) is 0.385. The van der Waals surface area contributed by atoms with Crippen LogP contribution in [0.15, 0.2) is 34.1 Å². The fourth-order valence-electron chi connectivity index (χ4n) is 4.65. The van der Waals surface area contributed by atoms with Crippen molar-refractivity contribution in [2.45, 2.75) is 57.1 Å². The number of hydrogen-bond donors (Lipinski definition) is 3. The molecule has 2 aromatic heterocycles. The molecule has 1 aliphatic rings. The molecule has 0 radical (unpaired) electrons. The minimum Gasteiger partial charge on any atom is -0.376 e. The number of rotatable bonds is 6. The molecule has 3 aromatic rings. The zero-order chi connectivity index (χ0) is 28.0. The summed E-state index contributed by atoms with van der Waals surface area (Å²) in [5.74, 6) is -0.201. The standard InChI is InChI=1S/C25H32ClN7O4S/c1-14-12-17(15(2)28-19-6-7-20(26)29-22(19)38(36,37)31-16(3)34)21-18(13-14)23(35)32(5)24(30-21)33-10-8-25(4,27)9-11-33/h6-7,12-13,15,28H,8-11,27H2,1-5H3,(H,31,34)/t15-/m1/s1. The molecule has 1 aliphatic heterocycles. The van der Waals surface area contributed by atoms with Gasteiger partial charge in [0.1, 0.15) is 5.15 Å². The molecular formula is C25H32ClN7O4S. The summed E-state index contributed by atoms with van der Waals surface area (Å²) in [6.07, 6.45) is 1.55. The third-order valence-electron chi connectivity index (χ3n) is 6.72. The maximum atomic E-state index is 13.4. The molecule has 1 amide bonds. The van der Waals surface area contributed by atoms with Gasteiger partial charge < -0.3 is 16.0 Å². The highest BCUT2D eigenvalue weighted by molar-refractivity contribution is 7.90. The lowest BCUT2D eigenvalue weighted by Gasteiger charge is -2.37. The van der Waals surface area contributed by atoms with E-state index in [0.29, 0.717) is 35.5 Å². The van der Waals surface area contributed by atoms with E-state index in [1.807, 2.05) is 31.6 Å². The number of nitrogens with one attached hydrogen (secondary N) is 2. The van der Waals surface area contributed by atoms with Crippen LogP contribution in [0.3, 0.4) is 0 Å². The molecule has 3 heterocycles. The Morgan fingerprint density at radius 1 is 1.21 bits per heavy atom. The highest BCUT2D eigenvalue weighted by Gasteiger charge is 2.29. The summed E-state index contributed by atoms with van der Waals surface area (Å²) in [6.45, 7) is 8.18. The van der Waals surface area contributed by atoms with E-state index in [1.165, 1.54) is 12.1 Å². The van der Waals surface area contributed by atoms with Gasteiger partial charge in [0, 0.05) is 38.2 Å². The van der Waals surface area contributed by atoms with Crippen LogP contribution < -0.4 is 26.2 Å². The van der Waals surface area contributed by atoms with E-state index in [-0.39, 0.29) is 21.9 Å². The van der Waals surface area contributed by atoms with Gasteiger partial charge in [-0.15, -0.1) is 0 Å². The molecule has 1 saturated heterocycles. The summed E-state index contributed by atoms with van der Waals surface area (Å²) in [5.41, 5.74) is 8.10. The SMILES string of the molecule is CC(=O)NS(=O)(=O)c1nc(Cl)ccc1N[C@H](C)c1cc(C)cc2c(=O)n(C)c(N3CCC(C)(N)CC3)nc12. The number of benzene rings is 1. The largest absolute Gasteiger partial charge is 0.376 e. The van der Waals surface area contributed by atoms with E-state index < -0.39 is 27.0 Å². The predicted octanol–water partition coefficient (Wildman–Crippen LogP) is 2.61. The third-order valence-corrected chi connectivity index (χ3v) is 8.30. The summed E-state index contributed by atoms with van der Waals surface area (Å²) in [7, 11) is -2.57. The average Bonchev–Trinajstić information content (AvgIpc) is 2.81. The van der Waals surface area contributed by atoms with E-state index in [2.05, 4.69) is 15.2 Å². The van der Waals surface area contributed by atoms with E-state index in [1.54, 1.807) is 17.7 Å². The maximum absolute atomic E-state index is 13.4. The van der Waals surface area contributed by atoms with Crippen molar-refractivity contribution in [1.82, 2.24) is 19.3 Å². The number of aryl methyl sites for hydroxylation is 1. The molecular weight excluding hydrogens is 530 g/mol. The molecule has 0 saturated carbocycles. The van der Waals surface area contributed by atoms with E-state index in [9.17, 15) is 18.0 Å². The monoisotopic (exact) mass is 561 g/mol. The van der Waals surface area contributed by atoms with Crippen molar-refractivity contribution in [3.8, 4) is 0 Å². The predicted molar refractivity (Wildman–Crippen MR) is 148 cm³/mol. The fraction of sp³-hybridized carbons (Fsp3) is 0.440. The van der Waals surface area contributed by atoms with Crippen LogP contribution >= 0.6 is 11.6 Å². The first-order valence-electron chi connectivity index (χ1n) is 12.2. The van der Waals surface area contributed by atoms with Crippen LogP contribution in [0.2, 0.25) is 5.15 Å². The van der Waals surface area contributed by atoms with Crippen LogP contribution in [0.25, 0.3) is 10.9 Å². The maximum Gasteiger partial charge on any atom is 0.283 e. The van der Waals surface area contributed by atoms with Crippen molar-refractivity contribution in [3.05, 3.63) is 50.9 Å². The molecule has 1 fully saturated rings. The lowest BCUT2D eigenvalue weighted by atomic mass is 9.91. The molecule has 13 heteroatoms. The Balaban J connectivity index is 1.80. The second-order valence-corrected chi connectivity index (χ2v) is 12.2. The van der Waals surface area contributed by atoms with E-state index in [0.717, 1.165) is 25.3 Å². The van der Waals surface area contributed by atoms with Crippen molar-refractivity contribution in [2.24, 2.45) is 12.8 Å². The molecule has 0 unspecified atom stereocenters. The molecule has 0 bridgehead atoms. The Labute approximate surface area is 226 Å². The van der Waals surface area contributed by atoms with Crippen molar-refractivity contribution >= 4 is 50.1 Å². The second kappa shape index (κ2) is 10.2. The second-order valence-electron chi connectivity index (χ2n) is 10.2. The first-order valence-corrected chi connectivity index (χ1v) is 14.1. The minimum absolute atomic E-state index is 0.0435. The van der Waals surface area contributed by atoms with Crippen molar-refractivity contribution < 1.29 is 13.2 Å². The molecule has 1 atom stereocenters. The molecule has 204 valence electrons. The molecule has 1 aromatic carbocycles. The number of piperidine rings is 1. The van der Waals surface area contributed by atoms with Gasteiger partial charge in [-0.25, -0.2) is 14.7 Å². The Morgan fingerprint density at radius 2 is 1.87 bits per heavy atom. The number of hydrogen-bond acceptors (Lipinski definition) is 9. The molecule has 38 heavy (non-hydrogen) atoms. The number of nitrogens with two attached hydrogens (primary N) is 1. The van der Waals surface area contributed by atoms with E-state index >= 15 is 0 Å².